The molecule has 2 heterocycles. The maximum atomic E-state index is 12.5. The summed E-state index contributed by atoms with van der Waals surface area (Å²) in [6, 6.07) is 11.1. The average Bonchev–Trinajstić information content (AvgIpc) is 3.19. The van der Waals surface area contributed by atoms with Crippen molar-refractivity contribution in [2.75, 3.05) is 6.61 Å². The molecule has 4 nitrogen and oxygen atoms in total. The molecule has 2 aromatic rings. The Morgan fingerprint density at radius 1 is 1.29 bits per heavy atom. The van der Waals surface area contributed by atoms with Crippen LogP contribution < -0.4 is 4.74 Å². The predicted molar refractivity (Wildman–Crippen MR) is 99.6 cm³/mol. The minimum absolute atomic E-state index is 0.103. The summed E-state index contributed by atoms with van der Waals surface area (Å²) in [6.45, 7) is 4.43. The molecule has 1 aliphatic rings. The van der Waals surface area contributed by atoms with Gasteiger partial charge < -0.3 is 9.15 Å². The molecule has 1 saturated heterocycles. The van der Waals surface area contributed by atoms with Crippen LogP contribution in [0.1, 0.15) is 11.3 Å². The lowest BCUT2D eigenvalue weighted by molar-refractivity contribution is -0.122. The van der Waals surface area contributed by atoms with Crippen LogP contribution in [0.2, 0.25) is 0 Å². The van der Waals surface area contributed by atoms with Crippen molar-refractivity contribution >= 4 is 40.3 Å². The molecule has 0 bridgehead atoms. The van der Waals surface area contributed by atoms with Crippen molar-refractivity contribution in [2.45, 2.75) is 6.54 Å². The molecule has 1 aromatic carbocycles. The number of amides is 1. The van der Waals surface area contributed by atoms with Crippen LogP contribution in [0.4, 0.5) is 0 Å². The monoisotopic (exact) mass is 357 g/mol. The van der Waals surface area contributed by atoms with Crippen LogP contribution in [0.5, 0.6) is 5.75 Å². The standard InChI is InChI=1S/C18H15NO3S2/c1-2-9-21-14-7-5-13(6-8-14)11-16-17(20)19(18(23)24-16)12-15-4-3-10-22-15/h2-8,10-11H,1,9,12H2. The van der Waals surface area contributed by atoms with Gasteiger partial charge in [-0.15, -0.1) is 0 Å². The summed E-state index contributed by atoms with van der Waals surface area (Å²) < 4.78 is 11.3. The zero-order valence-corrected chi connectivity index (χ0v) is 14.4. The molecule has 1 amide bonds. The first kappa shape index (κ1) is 16.5. The smallest absolute Gasteiger partial charge is 0.266 e. The summed E-state index contributed by atoms with van der Waals surface area (Å²) >= 11 is 6.61. The Hall–Kier alpha value is -2.31. The van der Waals surface area contributed by atoms with Crippen molar-refractivity contribution in [3.63, 3.8) is 0 Å². The minimum atomic E-state index is -0.103. The number of thioether (sulfide) groups is 1. The van der Waals surface area contributed by atoms with E-state index < -0.39 is 0 Å². The van der Waals surface area contributed by atoms with Gasteiger partial charge in [-0.3, -0.25) is 9.69 Å². The van der Waals surface area contributed by atoms with Crippen LogP contribution in [0.3, 0.4) is 0 Å². The molecule has 0 spiro atoms. The fourth-order valence-electron chi connectivity index (χ4n) is 2.16. The maximum absolute atomic E-state index is 12.5. The second-order valence-corrected chi connectivity index (χ2v) is 6.69. The molecule has 3 rings (SSSR count). The Morgan fingerprint density at radius 2 is 2.08 bits per heavy atom. The lowest BCUT2D eigenvalue weighted by Crippen LogP contribution is -2.27. The zero-order valence-electron chi connectivity index (χ0n) is 12.8. The van der Waals surface area contributed by atoms with Crippen molar-refractivity contribution in [1.29, 1.82) is 0 Å². The van der Waals surface area contributed by atoms with Gasteiger partial charge in [0.1, 0.15) is 22.4 Å². The van der Waals surface area contributed by atoms with Gasteiger partial charge in [-0.05, 0) is 35.9 Å². The van der Waals surface area contributed by atoms with Gasteiger partial charge in [0.25, 0.3) is 5.91 Å². The van der Waals surface area contributed by atoms with E-state index in [2.05, 4.69) is 6.58 Å². The molecule has 1 fully saturated rings. The van der Waals surface area contributed by atoms with E-state index in [1.165, 1.54) is 11.8 Å². The highest BCUT2D eigenvalue weighted by Gasteiger charge is 2.32. The van der Waals surface area contributed by atoms with Gasteiger partial charge in [0, 0.05) is 0 Å². The third kappa shape index (κ3) is 3.77. The van der Waals surface area contributed by atoms with Crippen molar-refractivity contribution in [3.05, 3.63) is 71.5 Å². The van der Waals surface area contributed by atoms with Gasteiger partial charge in [0.15, 0.2) is 0 Å². The van der Waals surface area contributed by atoms with E-state index in [-0.39, 0.29) is 5.91 Å². The second kappa shape index (κ2) is 7.51. The zero-order chi connectivity index (χ0) is 16.9. The number of hydrogen-bond acceptors (Lipinski definition) is 5. The third-order valence-electron chi connectivity index (χ3n) is 3.31. The van der Waals surface area contributed by atoms with E-state index in [9.17, 15) is 4.79 Å². The van der Waals surface area contributed by atoms with Crippen LogP contribution in [0.15, 0.2) is 64.6 Å². The molecular formula is C18H15NO3S2. The van der Waals surface area contributed by atoms with Crippen LogP contribution in [0.25, 0.3) is 6.08 Å². The second-order valence-electron chi connectivity index (χ2n) is 5.02. The van der Waals surface area contributed by atoms with E-state index in [1.54, 1.807) is 23.3 Å². The summed E-state index contributed by atoms with van der Waals surface area (Å²) in [6.07, 6.45) is 5.11. The first-order chi connectivity index (χ1) is 11.7. The van der Waals surface area contributed by atoms with Gasteiger partial charge >= 0.3 is 0 Å². The number of carbonyl (C=O) groups excluding carboxylic acids is 1. The number of rotatable bonds is 6. The van der Waals surface area contributed by atoms with Crippen LogP contribution in [0, 0.1) is 0 Å². The van der Waals surface area contributed by atoms with E-state index in [0.29, 0.717) is 28.1 Å². The predicted octanol–water partition coefficient (Wildman–Crippen LogP) is 4.25. The van der Waals surface area contributed by atoms with Crippen molar-refractivity contribution < 1.29 is 13.9 Å². The normalized spacial score (nSPS) is 16.0. The van der Waals surface area contributed by atoms with Gasteiger partial charge in [-0.25, -0.2) is 0 Å². The molecule has 1 aliphatic heterocycles. The number of furan rings is 1. The SMILES string of the molecule is C=CCOc1ccc(C=C2SC(=S)N(Cc3ccco3)C2=O)cc1. The number of benzene rings is 1. The number of nitrogens with zero attached hydrogens (tertiary/aromatic N) is 1. The Labute approximate surface area is 149 Å². The lowest BCUT2D eigenvalue weighted by Gasteiger charge is -2.11. The van der Waals surface area contributed by atoms with E-state index in [1.807, 2.05) is 36.4 Å². The highest BCUT2D eigenvalue weighted by Crippen LogP contribution is 2.33. The number of thiocarbonyl (C=S) groups is 1. The number of hydrogen-bond donors (Lipinski definition) is 0. The van der Waals surface area contributed by atoms with Crippen molar-refractivity contribution in [3.8, 4) is 5.75 Å². The number of carbonyl (C=O) groups is 1. The molecule has 0 aliphatic carbocycles. The van der Waals surface area contributed by atoms with Gasteiger partial charge in [-0.1, -0.05) is 48.8 Å². The van der Waals surface area contributed by atoms with E-state index in [0.717, 1.165) is 11.3 Å². The highest BCUT2D eigenvalue weighted by atomic mass is 32.2. The summed E-state index contributed by atoms with van der Waals surface area (Å²) in [7, 11) is 0. The molecule has 6 heteroatoms. The Morgan fingerprint density at radius 3 is 2.75 bits per heavy atom. The molecule has 0 N–H and O–H groups in total. The van der Waals surface area contributed by atoms with Crippen molar-refractivity contribution in [2.24, 2.45) is 0 Å². The Kier molecular flexibility index (Phi) is 5.17. The van der Waals surface area contributed by atoms with Crippen LogP contribution >= 0.6 is 24.0 Å². The first-order valence-electron chi connectivity index (χ1n) is 7.29. The maximum Gasteiger partial charge on any atom is 0.266 e. The molecular weight excluding hydrogens is 342 g/mol. The first-order valence-corrected chi connectivity index (χ1v) is 8.51. The molecule has 0 unspecified atom stereocenters. The van der Waals surface area contributed by atoms with Crippen LogP contribution in [-0.2, 0) is 11.3 Å². The Balaban J connectivity index is 1.72. The van der Waals surface area contributed by atoms with E-state index in [4.69, 9.17) is 21.4 Å². The molecule has 1 aromatic heterocycles. The summed E-state index contributed by atoms with van der Waals surface area (Å²) in [5.41, 5.74) is 0.916. The summed E-state index contributed by atoms with van der Waals surface area (Å²) in [5.74, 6) is 1.36. The topological polar surface area (TPSA) is 42.7 Å². The summed E-state index contributed by atoms with van der Waals surface area (Å²) in [4.78, 5) is 14.7. The fraction of sp³-hybridized carbons (Fsp3) is 0.111. The molecule has 0 saturated carbocycles. The molecule has 122 valence electrons. The molecule has 0 radical (unpaired) electrons. The van der Waals surface area contributed by atoms with Gasteiger partial charge in [0.2, 0.25) is 0 Å². The lowest BCUT2D eigenvalue weighted by atomic mass is 10.2. The Bertz CT molecular complexity index is 779. The minimum Gasteiger partial charge on any atom is -0.490 e. The van der Waals surface area contributed by atoms with Crippen molar-refractivity contribution in [1.82, 2.24) is 4.90 Å². The van der Waals surface area contributed by atoms with Gasteiger partial charge in [0.05, 0.1) is 17.7 Å². The molecule has 0 atom stereocenters. The average molecular weight is 357 g/mol. The van der Waals surface area contributed by atoms with Gasteiger partial charge in [-0.2, -0.15) is 0 Å². The highest BCUT2D eigenvalue weighted by molar-refractivity contribution is 8.26. The third-order valence-corrected chi connectivity index (χ3v) is 4.69. The molecule has 24 heavy (non-hydrogen) atoms. The summed E-state index contributed by atoms with van der Waals surface area (Å²) in [5, 5.41) is 0. The van der Waals surface area contributed by atoms with E-state index >= 15 is 0 Å². The largest absolute Gasteiger partial charge is 0.490 e. The quantitative estimate of drug-likeness (QED) is 0.439. The van der Waals surface area contributed by atoms with Crippen LogP contribution in [-0.4, -0.2) is 21.7 Å². The number of ether oxygens (including phenoxy) is 1. The fourth-order valence-corrected chi connectivity index (χ4v) is 3.42.